The molecule has 2 heterocycles. The van der Waals surface area contributed by atoms with E-state index < -0.39 is 23.5 Å². The maximum atomic E-state index is 13.6. The molecule has 25 heavy (non-hydrogen) atoms. The van der Waals surface area contributed by atoms with Crippen molar-refractivity contribution in [2.75, 3.05) is 0 Å². The van der Waals surface area contributed by atoms with Crippen LogP contribution in [-0.2, 0) is 13.0 Å². The maximum Gasteiger partial charge on any atom is 0.161 e. The molecule has 1 unspecified atom stereocenters. The van der Waals surface area contributed by atoms with Crippen molar-refractivity contribution in [2.45, 2.75) is 25.4 Å². The first-order valence-electron chi connectivity index (χ1n) is 7.72. The van der Waals surface area contributed by atoms with Gasteiger partial charge >= 0.3 is 0 Å². The van der Waals surface area contributed by atoms with Crippen LogP contribution >= 0.6 is 0 Å². The fourth-order valence-corrected chi connectivity index (χ4v) is 2.46. The van der Waals surface area contributed by atoms with Crippen molar-refractivity contribution in [3.05, 3.63) is 65.9 Å². The third kappa shape index (κ3) is 4.21. The van der Waals surface area contributed by atoms with Gasteiger partial charge in [0.25, 0.3) is 0 Å². The summed E-state index contributed by atoms with van der Waals surface area (Å²) in [7, 11) is 0. The number of halogens is 3. The summed E-state index contributed by atoms with van der Waals surface area (Å²) in [6.45, 7) is 0.472. The standard InChI is InChI=1S/C17H16F3N5/c18-14-8-16(20)15(19)7-12(14)6-13(21)3-5-25-10-17(23-24-25)11-2-1-4-22-9-11/h1-2,4,7-10,13H,3,5-6,21H2. The molecule has 0 spiro atoms. The number of aryl methyl sites for hydroxylation is 1. The second kappa shape index (κ2) is 7.43. The molecule has 0 aliphatic heterocycles. The molecule has 0 radical (unpaired) electrons. The highest BCUT2D eigenvalue weighted by molar-refractivity contribution is 5.55. The van der Waals surface area contributed by atoms with Gasteiger partial charge in [-0.05, 0) is 36.6 Å². The lowest BCUT2D eigenvalue weighted by Crippen LogP contribution is -2.25. The highest BCUT2D eigenvalue weighted by atomic mass is 19.2. The Morgan fingerprint density at radius 2 is 1.92 bits per heavy atom. The predicted octanol–water partition coefficient (Wildman–Crippen LogP) is 2.72. The van der Waals surface area contributed by atoms with Crippen molar-refractivity contribution < 1.29 is 13.2 Å². The second-order valence-corrected chi connectivity index (χ2v) is 5.72. The molecule has 0 bridgehead atoms. The van der Waals surface area contributed by atoms with Gasteiger partial charge in [0.05, 0.1) is 6.20 Å². The van der Waals surface area contributed by atoms with Crippen molar-refractivity contribution in [3.63, 3.8) is 0 Å². The van der Waals surface area contributed by atoms with Gasteiger partial charge in [0.15, 0.2) is 11.6 Å². The molecule has 1 atom stereocenters. The van der Waals surface area contributed by atoms with E-state index in [1.165, 1.54) is 0 Å². The van der Waals surface area contributed by atoms with E-state index in [0.29, 0.717) is 24.7 Å². The normalized spacial score (nSPS) is 12.3. The minimum Gasteiger partial charge on any atom is -0.327 e. The highest BCUT2D eigenvalue weighted by Crippen LogP contribution is 2.17. The molecule has 3 aromatic rings. The summed E-state index contributed by atoms with van der Waals surface area (Å²) in [5, 5.41) is 8.08. The number of pyridine rings is 1. The van der Waals surface area contributed by atoms with Crippen LogP contribution in [0.5, 0.6) is 0 Å². The molecule has 3 rings (SSSR count). The molecular weight excluding hydrogens is 331 g/mol. The maximum absolute atomic E-state index is 13.6. The van der Waals surface area contributed by atoms with Gasteiger partial charge in [0.2, 0.25) is 0 Å². The second-order valence-electron chi connectivity index (χ2n) is 5.72. The molecule has 0 aliphatic carbocycles. The number of hydrogen-bond donors (Lipinski definition) is 1. The Bertz CT molecular complexity index is 851. The smallest absolute Gasteiger partial charge is 0.161 e. The quantitative estimate of drug-likeness (QED) is 0.696. The van der Waals surface area contributed by atoms with E-state index in [4.69, 9.17) is 5.73 Å². The average Bonchev–Trinajstić information content (AvgIpc) is 3.08. The van der Waals surface area contributed by atoms with Gasteiger partial charge in [-0.1, -0.05) is 5.21 Å². The van der Waals surface area contributed by atoms with Crippen LogP contribution in [0.3, 0.4) is 0 Å². The minimum absolute atomic E-state index is 0.0565. The Kier molecular flexibility index (Phi) is 5.08. The number of nitrogens with two attached hydrogens (primary N) is 1. The molecule has 0 saturated carbocycles. The molecule has 0 saturated heterocycles. The SMILES string of the molecule is NC(CCn1cc(-c2cccnc2)nn1)Cc1cc(F)c(F)cc1F. The van der Waals surface area contributed by atoms with Crippen LogP contribution in [0.4, 0.5) is 13.2 Å². The first-order valence-corrected chi connectivity index (χ1v) is 7.72. The lowest BCUT2D eigenvalue weighted by molar-refractivity contribution is 0.473. The van der Waals surface area contributed by atoms with Gasteiger partial charge < -0.3 is 5.73 Å². The van der Waals surface area contributed by atoms with Crippen LogP contribution in [0.2, 0.25) is 0 Å². The summed E-state index contributed by atoms with van der Waals surface area (Å²) in [5.41, 5.74) is 7.57. The van der Waals surface area contributed by atoms with Crippen molar-refractivity contribution >= 4 is 0 Å². The fourth-order valence-electron chi connectivity index (χ4n) is 2.46. The van der Waals surface area contributed by atoms with Gasteiger partial charge in [0.1, 0.15) is 11.5 Å². The molecule has 5 nitrogen and oxygen atoms in total. The van der Waals surface area contributed by atoms with Crippen LogP contribution in [0.25, 0.3) is 11.3 Å². The lowest BCUT2D eigenvalue weighted by atomic mass is 10.0. The van der Waals surface area contributed by atoms with E-state index in [0.717, 1.165) is 11.6 Å². The van der Waals surface area contributed by atoms with Crippen molar-refractivity contribution in [3.8, 4) is 11.3 Å². The summed E-state index contributed by atoms with van der Waals surface area (Å²) in [6, 6.07) is 4.64. The Labute approximate surface area is 142 Å². The van der Waals surface area contributed by atoms with Crippen LogP contribution in [0.15, 0.2) is 42.9 Å². The van der Waals surface area contributed by atoms with Crippen LogP contribution in [0.1, 0.15) is 12.0 Å². The predicted molar refractivity (Wildman–Crippen MR) is 85.9 cm³/mol. The first kappa shape index (κ1) is 17.1. The molecular formula is C17H16F3N5. The summed E-state index contributed by atoms with van der Waals surface area (Å²) >= 11 is 0. The molecule has 0 aliphatic rings. The zero-order valence-electron chi connectivity index (χ0n) is 13.2. The van der Waals surface area contributed by atoms with E-state index in [-0.39, 0.29) is 12.0 Å². The zero-order chi connectivity index (χ0) is 17.8. The van der Waals surface area contributed by atoms with Gasteiger partial charge in [-0.15, -0.1) is 5.10 Å². The molecule has 2 N–H and O–H groups in total. The number of aromatic nitrogens is 4. The fraction of sp³-hybridized carbons (Fsp3) is 0.235. The number of benzene rings is 1. The number of rotatable bonds is 6. The minimum atomic E-state index is -1.21. The molecule has 0 amide bonds. The molecule has 0 fully saturated rings. The van der Waals surface area contributed by atoms with Crippen molar-refractivity contribution in [1.82, 2.24) is 20.0 Å². The van der Waals surface area contributed by atoms with E-state index in [1.54, 1.807) is 29.3 Å². The topological polar surface area (TPSA) is 69.6 Å². The van der Waals surface area contributed by atoms with Crippen molar-refractivity contribution in [1.29, 1.82) is 0 Å². The summed E-state index contributed by atoms with van der Waals surface area (Å²) < 4.78 is 41.4. The van der Waals surface area contributed by atoms with Crippen LogP contribution in [0, 0.1) is 17.5 Å². The largest absolute Gasteiger partial charge is 0.327 e. The summed E-state index contributed by atoms with van der Waals surface area (Å²) in [4.78, 5) is 4.02. The highest BCUT2D eigenvalue weighted by Gasteiger charge is 2.13. The van der Waals surface area contributed by atoms with Gasteiger partial charge in [-0.3, -0.25) is 9.67 Å². The first-order chi connectivity index (χ1) is 12.0. The third-order valence-corrected chi connectivity index (χ3v) is 3.80. The Morgan fingerprint density at radius 1 is 1.12 bits per heavy atom. The lowest BCUT2D eigenvalue weighted by Gasteiger charge is -2.12. The van der Waals surface area contributed by atoms with Crippen LogP contribution in [-0.4, -0.2) is 26.0 Å². The van der Waals surface area contributed by atoms with Gasteiger partial charge in [-0.25, -0.2) is 13.2 Å². The molecule has 2 aromatic heterocycles. The molecule has 130 valence electrons. The Morgan fingerprint density at radius 3 is 2.68 bits per heavy atom. The number of nitrogens with zero attached hydrogens (tertiary/aromatic N) is 4. The van der Waals surface area contributed by atoms with E-state index in [1.807, 2.05) is 6.07 Å². The van der Waals surface area contributed by atoms with Crippen molar-refractivity contribution in [2.24, 2.45) is 5.73 Å². The monoisotopic (exact) mass is 347 g/mol. The number of hydrogen-bond acceptors (Lipinski definition) is 4. The Hall–Kier alpha value is -2.74. The van der Waals surface area contributed by atoms with E-state index >= 15 is 0 Å². The molecule has 1 aromatic carbocycles. The van der Waals surface area contributed by atoms with E-state index in [2.05, 4.69) is 15.3 Å². The average molecular weight is 347 g/mol. The molecule has 8 heteroatoms. The van der Waals surface area contributed by atoms with E-state index in [9.17, 15) is 13.2 Å². The van der Waals surface area contributed by atoms with Gasteiger partial charge in [-0.2, -0.15) is 0 Å². The van der Waals surface area contributed by atoms with Crippen LogP contribution < -0.4 is 5.73 Å². The van der Waals surface area contributed by atoms with Gasteiger partial charge in [0, 0.05) is 36.6 Å². The summed E-state index contributed by atoms with van der Waals surface area (Å²) in [5.74, 6) is -3.09. The summed E-state index contributed by atoms with van der Waals surface area (Å²) in [6.07, 6.45) is 5.71. The third-order valence-electron chi connectivity index (χ3n) is 3.80. The Balaban J connectivity index is 1.59. The zero-order valence-corrected chi connectivity index (χ0v) is 13.2.